The summed E-state index contributed by atoms with van der Waals surface area (Å²) >= 11 is 0. The van der Waals surface area contributed by atoms with Crippen molar-refractivity contribution in [3.63, 3.8) is 0 Å². The van der Waals surface area contributed by atoms with Crippen LogP contribution in [0.15, 0.2) is 201 Å². The van der Waals surface area contributed by atoms with E-state index < -0.39 is 258 Å². The van der Waals surface area contributed by atoms with E-state index in [4.69, 9.17) is 29.7 Å². The summed E-state index contributed by atoms with van der Waals surface area (Å²) in [7, 11) is -58.4. The van der Waals surface area contributed by atoms with E-state index in [1.54, 1.807) is 0 Å². The van der Waals surface area contributed by atoms with Crippen LogP contribution in [-0.4, -0.2) is 197 Å². The molecule has 0 radical (unpaired) electrons. The number of fused-ring (bicyclic) bond motifs is 2. The summed E-state index contributed by atoms with van der Waals surface area (Å²) in [6.07, 6.45) is 0. The van der Waals surface area contributed by atoms with Crippen molar-refractivity contribution in [1.29, 1.82) is 0 Å². The number of anilines is 2. The first-order valence-electron chi connectivity index (χ1n) is 28.7. The van der Waals surface area contributed by atoms with Gasteiger partial charge < -0.3 is 39.9 Å². The third-order valence-electron chi connectivity index (χ3n) is 13.9. The van der Waals surface area contributed by atoms with E-state index in [-0.39, 0.29) is 161 Å². The average Bonchev–Trinajstić information content (AvgIpc) is 0.742. The van der Waals surface area contributed by atoms with Gasteiger partial charge in [-0.05, 0) is 132 Å². The summed E-state index contributed by atoms with van der Waals surface area (Å²) in [5.41, 5.74) is 5.95. The van der Waals surface area contributed by atoms with Gasteiger partial charge in [-0.2, -0.15) is 54.1 Å². The van der Waals surface area contributed by atoms with Crippen molar-refractivity contribution in [2.24, 2.45) is 40.9 Å². The quantitative estimate of drug-likeness (QED) is 0.00840. The number of hydrogen-bond acceptors (Lipinski definition) is 44. The molecule has 0 atom stereocenters. The number of phenolic OH excluding ortho intramolecular Hbond substituents is 2. The standard InChI is InChI=1S/2C26H25N5O19S6.4Na/c2*27-23-22-15(13-20(53(37,38)39)24(23)30-28-16-1-5-18(6-2-16)51(33,34)11-9-49-55(43,44)45)14-21(54(40,41)42)25(26(22)32)31-29-17-3-7-19(8-4-17)52(35,36)12-10-50-56(46,47)48;;;;/h2*1-8,13-14,32H,9-12,27H2,(H,37,38,39)(H,40,41,42)(H,43,44,45)(H,46,47,48);;;;/q;;4*+1/p-4/b2*30-28+,31-29+;;;;. The molecule has 10 N–H and O–H groups in total. The van der Waals surface area contributed by atoms with E-state index in [0.29, 0.717) is 24.3 Å². The molecule has 0 saturated carbocycles. The van der Waals surface area contributed by atoms with Crippen LogP contribution in [0, 0.1) is 0 Å². The fourth-order valence-corrected chi connectivity index (χ4v) is 17.5. The molecule has 608 valence electrons. The number of aromatic hydroxyl groups is 2. The Morgan fingerprint density at radius 1 is 0.284 bits per heavy atom. The van der Waals surface area contributed by atoms with Crippen LogP contribution in [0.5, 0.6) is 11.5 Å². The molecule has 8 rings (SSSR count). The fourth-order valence-electron chi connectivity index (χ4n) is 8.96. The van der Waals surface area contributed by atoms with Crippen LogP contribution in [-0.2, 0) is 138 Å². The summed E-state index contributed by atoms with van der Waals surface area (Å²) < 4.78 is 382. The molecule has 0 unspecified atom stereocenters. The van der Waals surface area contributed by atoms with Crippen LogP contribution in [0.25, 0.3) is 21.5 Å². The Labute approximate surface area is 747 Å². The zero-order chi connectivity index (χ0) is 84.1. The third kappa shape index (κ3) is 29.6. The van der Waals surface area contributed by atoms with Gasteiger partial charge in [-0.25, -0.2) is 84.1 Å². The number of rotatable bonds is 32. The topological polar surface area (TPSA) is 811 Å². The Morgan fingerprint density at radius 3 is 0.629 bits per heavy atom. The second-order valence-electron chi connectivity index (χ2n) is 21.5. The van der Waals surface area contributed by atoms with Gasteiger partial charge in [-0.15, -0.1) is 20.5 Å². The normalized spacial score (nSPS) is 13.1. The van der Waals surface area contributed by atoms with Gasteiger partial charge in [0.2, 0.25) is 0 Å². The number of benzene rings is 8. The van der Waals surface area contributed by atoms with E-state index in [1.807, 2.05) is 0 Å². The maximum atomic E-state index is 12.4. The molecule has 8 aromatic carbocycles. The van der Waals surface area contributed by atoms with Crippen LogP contribution >= 0.6 is 0 Å². The van der Waals surface area contributed by atoms with E-state index in [0.717, 1.165) is 97.1 Å². The molecule has 0 saturated heterocycles. The molecule has 0 aliphatic heterocycles. The predicted octanol–water partition coefficient (Wildman–Crippen LogP) is -8.08. The molecule has 0 heterocycles. The zero-order valence-corrected chi connectivity index (χ0v) is 76.4. The average molecular weight is 1900 g/mol. The molecule has 64 heteroatoms. The first-order valence-corrected chi connectivity index (χ1v) is 46.4. The molecule has 48 nitrogen and oxygen atoms in total. The van der Waals surface area contributed by atoms with Gasteiger partial charge in [-0.1, -0.05) is 0 Å². The molecule has 0 aliphatic rings. The van der Waals surface area contributed by atoms with Crippen LogP contribution in [0.3, 0.4) is 0 Å². The molecule has 0 fully saturated rings. The second kappa shape index (κ2) is 40.7. The van der Waals surface area contributed by atoms with Crippen molar-refractivity contribution in [2.45, 2.75) is 39.2 Å². The third-order valence-corrected chi connectivity index (χ3v) is 25.9. The summed E-state index contributed by atoms with van der Waals surface area (Å²) in [5, 5.41) is 49.3. The van der Waals surface area contributed by atoms with E-state index in [9.17, 15) is 129 Å². The molecule has 8 aromatic rings. The van der Waals surface area contributed by atoms with Crippen molar-refractivity contribution in [3.8, 4) is 11.5 Å². The van der Waals surface area contributed by atoms with Gasteiger partial charge in [0.15, 0.2) is 50.8 Å². The largest absolute Gasteiger partial charge is 1.00 e. The number of hydrogen-bond donors (Lipinski definition) is 8. The number of azo groups is 4. The number of nitrogens with zero attached hydrogens (tertiary/aromatic N) is 8. The van der Waals surface area contributed by atoms with E-state index in [1.165, 1.54) is 0 Å². The molecule has 0 bridgehead atoms. The molecular formula is C52H46N10Na4O38S12. The van der Waals surface area contributed by atoms with Crippen LogP contribution in [0.4, 0.5) is 56.9 Å². The number of nitrogen functional groups attached to an aromatic ring is 2. The minimum atomic E-state index is -5.55. The smallest absolute Gasteiger partial charge is 0.744 e. The van der Waals surface area contributed by atoms with Gasteiger partial charge in [0.05, 0.1) is 133 Å². The monoisotopic (exact) mass is 1890 g/mol. The minimum absolute atomic E-state index is 0. The van der Waals surface area contributed by atoms with Gasteiger partial charge in [0.1, 0.15) is 63.2 Å². The maximum Gasteiger partial charge on any atom is 1.00 e. The zero-order valence-electron chi connectivity index (χ0n) is 58.6. The molecule has 0 amide bonds. The van der Waals surface area contributed by atoms with Gasteiger partial charge >= 0.3 is 160 Å². The summed E-state index contributed by atoms with van der Waals surface area (Å²) in [4.78, 5) is -6.45. The molecule has 0 spiro atoms. The minimum Gasteiger partial charge on any atom is -0.744 e. The van der Waals surface area contributed by atoms with E-state index >= 15 is 0 Å². The summed E-state index contributed by atoms with van der Waals surface area (Å²) in [6.45, 7) is -3.69. The number of nitrogens with two attached hydrogens (primary N) is 2. The Bertz CT molecular complexity index is 5910. The molecule has 0 aromatic heterocycles. The van der Waals surface area contributed by atoms with Gasteiger partial charge in [-0.3, -0.25) is 18.2 Å². The number of phenols is 2. The molecule has 116 heavy (non-hydrogen) atoms. The van der Waals surface area contributed by atoms with Crippen molar-refractivity contribution in [3.05, 3.63) is 121 Å². The van der Waals surface area contributed by atoms with Crippen LogP contribution in [0.2, 0.25) is 0 Å². The predicted molar refractivity (Wildman–Crippen MR) is 373 cm³/mol. The van der Waals surface area contributed by atoms with Crippen molar-refractivity contribution in [2.75, 3.05) is 60.9 Å². The maximum absolute atomic E-state index is 12.4. The Morgan fingerprint density at radius 2 is 0.457 bits per heavy atom. The number of sulfone groups is 4. The fraction of sp³-hybridized carbons (Fsp3) is 0.154. The first kappa shape index (κ1) is 105. The molecule has 0 aliphatic carbocycles. The summed E-state index contributed by atoms with van der Waals surface area (Å²) in [6, 6.07) is 18.2. The van der Waals surface area contributed by atoms with Gasteiger partial charge in [0, 0.05) is 0 Å². The Hall–Kier alpha value is -5.20. The Balaban J connectivity index is 0.000000580. The van der Waals surface area contributed by atoms with Crippen molar-refractivity contribution in [1.82, 2.24) is 0 Å². The van der Waals surface area contributed by atoms with E-state index in [2.05, 4.69) is 57.6 Å². The SMILES string of the molecule is Nc1c(/N=N/c2ccc(S(=O)(=O)CCOS(=O)(=O)O)cc2)c(S(=O)(=O)[O-])cc2cc(S(=O)(=O)[O-])c(/N=N/c3ccc(S(=O)(=O)CCOS(=O)(=O)O)cc3)c(O)c12.Nc1c(/N=N/c2ccc(S(=O)(=O)CCOS(=O)(=O)O)cc2)c(S(=O)(=O)[O-])cc2cc(S(=O)(=O)[O-])c(/N=N/c3ccc(S(=O)(=O)CCOS(=O)(=O)O)cc3)c(O)c12.[Na+].[Na+].[Na+].[Na+]. The van der Waals surface area contributed by atoms with Gasteiger partial charge in [0.25, 0.3) is 0 Å². The Kier molecular flexibility index (Phi) is 36.8. The van der Waals surface area contributed by atoms with Crippen LogP contribution in [0.1, 0.15) is 0 Å². The van der Waals surface area contributed by atoms with Crippen molar-refractivity contribution < 1.29 is 283 Å². The summed E-state index contributed by atoms with van der Waals surface area (Å²) in [5.74, 6) is -5.87. The van der Waals surface area contributed by atoms with Crippen molar-refractivity contribution >= 4 is 200 Å². The second-order valence-corrected chi connectivity index (χ2v) is 39.7. The molecular weight excluding hydrogens is 1850 g/mol. The first-order chi connectivity index (χ1) is 51.2. The van der Waals surface area contributed by atoms with Crippen LogP contribution < -0.4 is 130 Å².